The first kappa shape index (κ1) is 23.4. The molecule has 184 valence electrons. The molecule has 8 heteroatoms. The number of carbonyl (C=O) groups is 2. The molecule has 2 aliphatic heterocycles. The Labute approximate surface area is 208 Å². The number of carbonyl (C=O) groups excluding carboxylic acids is 2. The normalized spacial score (nSPS) is 18.4. The molecule has 2 aromatic carbocycles. The summed E-state index contributed by atoms with van der Waals surface area (Å²) in [7, 11) is 0. The topological polar surface area (TPSA) is 98.2 Å². The van der Waals surface area contributed by atoms with Crippen LogP contribution in [0.2, 0.25) is 0 Å². The van der Waals surface area contributed by atoms with Gasteiger partial charge in [-0.15, -0.1) is 0 Å². The lowest BCUT2D eigenvalue weighted by Crippen LogP contribution is -2.29. The van der Waals surface area contributed by atoms with E-state index in [1.54, 1.807) is 42.7 Å². The van der Waals surface area contributed by atoms with Crippen molar-refractivity contribution in [1.82, 2.24) is 9.88 Å². The number of aliphatic hydroxyl groups is 1. The van der Waals surface area contributed by atoms with Crippen molar-refractivity contribution < 1.29 is 28.9 Å². The molecule has 3 heterocycles. The minimum absolute atomic E-state index is 0.00760. The fourth-order valence-corrected chi connectivity index (χ4v) is 4.42. The molecule has 0 bridgehead atoms. The number of benzene rings is 2. The van der Waals surface area contributed by atoms with Gasteiger partial charge in [0.2, 0.25) is 0 Å². The summed E-state index contributed by atoms with van der Waals surface area (Å²) < 4.78 is 17.0. The summed E-state index contributed by atoms with van der Waals surface area (Å²) in [6.07, 6.45) is 4.14. The number of rotatable bonds is 7. The number of ketones is 1. The lowest BCUT2D eigenvalue weighted by atomic mass is 9.95. The van der Waals surface area contributed by atoms with Gasteiger partial charge in [0.05, 0.1) is 18.2 Å². The molecule has 1 aromatic heterocycles. The zero-order chi connectivity index (χ0) is 25.1. The largest absolute Gasteiger partial charge is 0.507 e. The monoisotopic (exact) mass is 486 g/mol. The molecule has 1 unspecified atom stereocenters. The maximum Gasteiger partial charge on any atom is 0.295 e. The van der Waals surface area contributed by atoms with Crippen LogP contribution >= 0.6 is 0 Å². The second-order valence-corrected chi connectivity index (χ2v) is 8.57. The van der Waals surface area contributed by atoms with Crippen LogP contribution in [0, 0.1) is 0 Å². The van der Waals surface area contributed by atoms with Gasteiger partial charge in [-0.05, 0) is 53.9 Å². The first-order chi connectivity index (χ1) is 17.6. The first-order valence-corrected chi connectivity index (χ1v) is 11.9. The number of ether oxygens (including phenoxy) is 3. The summed E-state index contributed by atoms with van der Waals surface area (Å²) in [6, 6.07) is 15.0. The van der Waals surface area contributed by atoms with Crippen molar-refractivity contribution in [3.63, 3.8) is 0 Å². The number of aromatic nitrogens is 1. The van der Waals surface area contributed by atoms with Crippen LogP contribution < -0.4 is 14.2 Å². The highest BCUT2D eigenvalue weighted by Gasteiger charge is 2.46. The maximum absolute atomic E-state index is 13.3. The highest BCUT2D eigenvalue weighted by molar-refractivity contribution is 6.46. The predicted octanol–water partition coefficient (Wildman–Crippen LogP) is 4.26. The Morgan fingerprint density at radius 3 is 2.69 bits per heavy atom. The predicted molar refractivity (Wildman–Crippen MR) is 132 cm³/mol. The Balaban J connectivity index is 1.62. The molecule has 1 N–H and O–H groups in total. The Morgan fingerprint density at radius 2 is 1.92 bits per heavy atom. The van der Waals surface area contributed by atoms with Crippen LogP contribution in [0.1, 0.15) is 36.1 Å². The molecule has 1 atom stereocenters. The first-order valence-electron chi connectivity index (χ1n) is 11.9. The van der Waals surface area contributed by atoms with Gasteiger partial charge in [-0.3, -0.25) is 14.6 Å². The molecule has 0 radical (unpaired) electrons. The summed E-state index contributed by atoms with van der Waals surface area (Å²) in [6.45, 7) is 3.53. The van der Waals surface area contributed by atoms with Crippen molar-refractivity contribution in [3.05, 3.63) is 89.3 Å². The van der Waals surface area contributed by atoms with Crippen LogP contribution in [0.15, 0.2) is 72.6 Å². The van der Waals surface area contributed by atoms with Gasteiger partial charge >= 0.3 is 0 Å². The third kappa shape index (κ3) is 4.49. The molecule has 3 aromatic rings. The summed E-state index contributed by atoms with van der Waals surface area (Å²) in [5.74, 6) is -0.0583. The number of likely N-dealkylation sites (tertiary alicyclic amines) is 1. The van der Waals surface area contributed by atoms with Crippen LogP contribution in [0.3, 0.4) is 0 Å². The van der Waals surface area contributed by atoms with E-state index in [1.807, 2.05) is 31.2 Å². The van der Waals surface area contributed by atoms with Gasteiger partial charge in [0.15, 0.2) is 11.5 Å². The molecule has 1 fully saturated rings. The molecule has 1 saturated heterocycles. The average Bonchev–Trinajstić information content (AvgIpc) is 3.17. The zero-order valence-electron chi connectivity index (χ0n) is 19.8. The van der Waals surface area contributed by atoms with Crippen LogP contribution in [-0.4, -0.2) is 46.5 Å². The number of Topliss-reactive ketones (excluding diaryl/α,β-unsaturated/α-hetero) is 1. The number of hydrogen-bond acceptors (Lipinski definition) is 7. The van der Waals surface area contributed by atoms with E-state index >= 15 is 0 Å². The molecule has 0 aliphatic carbocycles. The third-order valence-corrected chi connectivity index (χ3v) is 6.08. The highest BCUT2D eigenvalue weighted by atomic mass is 16.6. The smallest absolute Gasteiger partial charge is 0.295 e. The van der Waals surface area contributed by atoms with E-state index in [-0.39, 0.29) is 17.9 Å². The molecule has 5 rings (SSSR count). The minimum atomic E-state index is -0.816. The Hall–Kier alpha value is -4.33. The molecule has 2 aliphatic rings. The average molecular weight is 487 g/mol. The quantitative estimate of drug-likeness (QED) is 0.303. The van der Waals surface area contributed by atoms with Gasteiger partial charge in [-0.2, -0.15) is 0 Å². The van der Waals surface area contributed by atoms with Crippen LogP contribution in [0.4, 0.5) is 0 Å². The number of nitrogens with zero attached hydrogens (tertiary/aromatic N) is 2. The van der Waals surface area contributed by atoms with Gasteiger partial charge < -0.3 is 24.2 Å². The van der Waals surface area contributed by atoms with Crippen molar-refractivity contribution >= 4 is 17.4 Å². The molecule has 0 saturated carbocycles. The number of pyridine rings is 1. The summed E-state index contributed by atoms with van der Waals surface area (Å²) in [4.78, 5) is 32.2. The van der Waals surface area contributed by atoms with E-state index in [0.29, 0.717) is 48.2 Å². The molecule has 0 spiro atoms. The van der Waals surface area contributed by atoms with Gasteiger partial charge in [-0.25, -0.2) is 0 Å². The van der Waals surface area contributed by atoms with Gasteiger partial charge in [-0.1, -0.05) is 25.1 Å². The standard InChI is InChI=1S/C28H26N2O6/c1-2-11-34-21-7-3-6-19(14-21)25-24(26(31)20-8-9-22-23(15-20)36-13-12-35-22)27(32)28(33)30(25)17-18-5-4-10-29-16-18/h3-10,14-16,25,31H,2,11-13,17H2,1H3/b26-24+. The van der Waals surface area contributed by atoms with E-state index in [2.05, 4.69) is 4.98 Å². The second-order valence-electron chi connectivity index (χ2n) is 8.57. The zero-order valence-corrected chi connectivity index (χ0v) is 19.8. The number of hydrogen-bond donors (Lipinski definition) is 1. The van der Waals surface area contributed by atoms with Crippen molar-refractivity contribution in [1.29, 1.82) is 0 Å². The van der Waals surface area contributed by atoms with E-state index in [4.69, 9.17) is 14.2 Å². The number of fused-ring (bicyclic) bond motifs is 1. The fourth-order valence-electron chi connectivity index (χ4n) is 4.42. The van der Waals surface area contributed by atoms with Crippen LogP contribution in [-0.2, 0) is 16.1 Å². The van der Waals surface area contributed by atoms with Crippen LogP contribution in [0.25, 0.3) is 5.76 Å². The summed E-state index contributed by atoms with van der Waals surface area (Å²) in [5, 5.41) is 11.4. The molecule has 36 heavy (non-hydrogen) atoms. The summed E-state index contributed by atoms with van der Waals surface area (Å²) in [5.41, 5.74) is 1.79. The Bertz CT molecular complexity index is 1320. The molecule has 8 nitrogen and oxygen atoms in total. The van der Waals surface area contributed by atoms with Gasteiger partial charge in [0.25, 0.3) is 11.7 Å². The van der Waals surface area contributed by atoms with E-state index in [0.717, 1.165) is 12.0 Å². The van der Waals surface area contributed by atoms with Crippen molar-refractivity contribution in [3.8, 4) is 17.2 Å². The van der Waals surface area contributed by atoms with Crippen LogP contribution in [0.5, 0.6) is 17.2 Å². The maximum atomic E-state index is 13.3. The lowest BCUT2D eigenvalue weighted by molar-refractivity contribution is -0.140. The number of aliphatic hydroxyl groups excluding tert-OH is 1. The molecular formula is C28H26N2O6. The van der Waals surface area contributed by atoms with Crippen molar-refractivity contribution in [2.45, 2.75) is 25.9 Å². The highest BCUT2D eigenvalue weighted by Crippen LogP contribution is 2.42. The van der Waals surface area contributed by atoms with Crippen molar-refractivity contribution in [2.75, 3.05) is 19.8 Å². The van der Waals surface area contributed by atoms with Crippen molar-refractivity contribution in [2.24, 2.45) is 0 Å². The fraction of sp³-hybridized carbons (Fsp3) is 0.250. The Kier molecular flexibility index (Phi) is 6.58. The van der Waals surface area contributed by atoms with E-state index in [1.165, 1.54) is 4.90 Å². The SMILES string of the molecule is CCCOc1cccc(C2/C(=C(\O)c3ccc4c(c3)OCCO4)C(=O)C(=O)N2Cc2cccnc2)c1. The minimum Gasteiger partial charge on any atom is -0.507 e. The lowest BCUT2D eigenvalue weighted by Gasteiger charge is -2.26. The molecular weight excluding hydrogens is 460 g/mol. The molecule has 1 amide bonds. The van der Waals surface area contributed by atoms with E-state index in [9.17, 15) is 14.7 Å². The van der Waals surface area contributed by atoms with E-state index < -0.39 is 17.7 Å². The van der Waals surface area contributed by atoms with Gasteiger partial charge in [0, 0.05) is 24.5 Å². The third-order valence-electron chi connectivity index (χ3n) is 6.08. The number of amides is 1. The second kappa shape index (κ2) is 10.1. The van der Waals surface area contributed by atoms with Gasteiger partial charge in [0.1, 0.15) is 24.7 Å². The Morgan fingerprint density at radius 1 is 1.08 bits per heavy atom. The summed E-state index contributed by atoms with van der Waals surface area (Å²) >= 11 is 0.